The lowest BCUT2D eigenvalue weighted by molar-refractivity contribution is 0.687. The summed E-state index contributed by atoms with van der Waals surface area (Å²) in [5.74, 6) is 1.60. The molecule has 6 heteroatoms. The average Bonchev–Trinajstić information content (AvgIpc) is 3.25. The van der Waals surface area contributed by atoms with Gasteiger partial charge in [0.05, 0.1) is 5.69 Å². The lowest BCUT2D eigenvalue weighted by atomic mass is 10.2. The van der Waals surface area contributed by atoms with Gasteiger partial charge in [-0.15, -0.1) is 5.10 Å². The van der Waals surface area contributed by atoms with E-state index in [2.05, 4.69) is 39.3 Å². The highest BCUT2D eigenvalue weighted by Gasteiger charge is 2.29. The van der Waals surface area contributed by atoms with Crippen molar-refractivity contribution in [2.75, 3.05) is 11.1 Å². The number of hydrogen-bond acceptors (Lipinski definition) is 4. The molecule has 3 N–H and O–H groups in total. The van der Waals surface area contributed by atoms with Gasteiger partial charge in [-0.1, -0.05) is 22.0 Å². The summed E-state index contributed by atoms with van der Waals surface area (Å²) in [7, 11) is 0. The molecule has 0 radical (unpaired) electrons. The molecular weight excluding hydrogens is 330 g/mol. The minimum absolute atomic E-state index is 0.308. The summed E-state index contributed by atoms with van der Waals surface area (Å²) in [6.45, 7) is 2.12. The second kappa shape index (κ2) is 5.41. The molecule has 0 saturated heterocycles. The summed E-state index contributed by atoms with van der Waals surface area (Å²) in [4.78, 5) is 0. The van der Waals surface area contributed by atoms with Gasteiger partial charge < -0.3 is 11.1 Å². The molecule has 5 nitrogen and oxygen atoms in total. The predicted octanol–water partition coefficient (Wildman–Crippen LogP) is 3.30. The van der Waals surface area contributed by atoms with Crippen molar-refractivity contribution in [2.45, 2.75) is 25.8 Å². The van der Waals surface area contributed by atoms with Crippen molar-refractivity contribution in [3.05, 3.63) is 34.3 Å². The largest absolute Gasteiger partial charge is 0.382 e. The molecule has 0 spiro atoms. The van der Waals surface area contributed by atoms with Crippen molar-refractivity contribution in [3.63, 3.8) is 0 Å². The number of aromatic nitrogens is 2. The van der Waals surface area contributed by atoms with Crippen molar-refractivity contribution >= 4 is 27.6 Å². The van der Waals surface area contributed by atoms with Gasteiger partial charge in [0.15, 0.2) is 5.82 Å². The lowest BCUT2D eigenvalue weighted by Crippen LogP contribution is -2.18. The molecule has 1 aromatic heterocycles. The summed E-state index contributed by atoms with van der Waals surface area (Å²) in [5, 5.41) is 17.2. The molecule has 1 aliphatic rings. The van der Waals surface area contributed by atoms with Crippen molar-refractivity contribution in [3.8, 4) is 11.8 Å². The van der Waals surface area contributed by atoms with Crippen molar-refractivity contribution < 1.29 is 0 Å². The normalized spacial score (nSPS) is 15.5. The van der Waals surface area contributed by atoms with Crippen LogP contribution in [0.2, 0.25) is 0 Å². The maximum Gasteiger partial charge on any atom is 0.168 e. The molecule has 0 bridgehead atoms. The van der Waals surface area contributed by atoms with Gasteiger partial charge >= 0.3 is 0 Å². The molecule has 3 rings (SSSR count). The number of nitrogens with two attached hydrogens (primary N) is 1. The molecule has 1 saturated carbocycles. The molecule has 1 aromatic carbocycles. The van der Waals surface area contributed by atoms with E-state index in [1.165, 1.54) is 12.8 Å². The maximum atomic E-state index is 9.35. The summed E-state index contributed by atoms with van der Waals surface area (Å²) in [6, 6.07) is 10.1. The van der Waals surface area contributed by atoms with Gasteiger partial charge in [0.25, 0.3) is 0 Å². The number of rotatable bonds is 4. The molecule has 2 aromatic rings. The number of anilines is 2. The van der Waals surface area contributed by atoms with Crippen LogP contribution in [0, 0.1) is 17.2 Å². The zero-order valence-corrected chi connectivity index (χ0v) is 13.3. The zero-order valence-electron chi connectivity index (χ0n) is 11.7. The number of nitrogens with one attached hydrogen (secondary N) is 1. The first-order chi connectivity index (χ1) is 10.1. The molecule has 1 fully saturated rings. The van der Waals surface area contributed by atoms with Gasteiger partial charge in [0.2, 0.25) is 0 Å². The van der Waals surface area contributed by atoms with Crippen LogP contribution in [0.25, 0.3) is 5.69 Å². The average molecular weight is 346 g/mol. The van der Waals surface area contributed by atoms with Crippen LogP contribution in [0.4, 0.5) is 11.6 Å². The predicted molar refractivity (Wildman–Crippen MR) is 86.2 cm³/mol. The Hall–Kier alpha value is -2.00. The van der Waals surface area contributed by atoms with Gasteiger partial charge in [0.1, 0.15) is 17.5 Å². The highest BCUT2D eigenvalue weighted by atomic mass is 79.9. The Bertz CT molecular complexity index is 711. The molecule has 108 valence electrons. The zero-order chi connectivity index (χ0) is 15.0. The molecule has 0 aliphatic heterocycles. The Morgan fingerprint density at radius 3 is 2.90 bits per heavy atom. The van der Waals surface area contributed by atoms with Crippen LogP contribution >= 0.6 is 15.9 Å². The van der Waals surface area contributed by atoms with Gasteiger partial charge in [-0.05, 0) is 43.9 Å². The Balaban J connectivity index is 1.98. The SMILES string of the molecule is CC(Nc1nn(-c2cccc(Br)c2)c(N)c1C#N)C1CC1. The van der Waals surface area contributed by atoms with Crippen LogP contribution in [-0.4, -0.2) is 15.8 Å². The van der Waals surface area contributed by atoms with E-state index in [1.54, 1.807) is 4.68 Å². The minimum Gasteiger partial charge on any atom is -0.382 e. The van der Waals surface area contributed by atoms with Crippen LogP contribution in [-0.2, 0) is 0 Å². The van der Waals surface area contributed by atoms with Crippen LogP contribution < -0.4 is 11.1 Å². The highest BCUT2D eigenvalue weighted by Crippen LogP contribution is 2.35. The number of halogens is 1. The molecular formula is C15H16BrN5. The quantitative estimate of drug-likeness (QED) is 0.890. The van der Waals surface area contributed by atoms with Crippen molar-refractivity contribution in [1.82, 2.24) is 9.78 Å². The lowest BCUT2D eigenvalue weighted by Gasteiger charge is -2.11. The van der Waals surface area contributed by atoms with E-state index >= 15 is 0 Å². The number of benzene rings is 1. The van der Waals surface area contributed by atoms with E-state index in [9.17, 15) is 5.26 Å². The molecule has 1 aliphatic carbocycles. The van der Waals surface area contributed by atoms with Crippen LogP contribution in [0.3, 0.4) is 0 Å². The van der Waals surface area contributed by atoms with E-state index in [0.29, 0.717) is 29.2 Å². The smallest absolute Gasteiger partial charge is 0.168 e. The molecule has 21 heavy (non-hydrogen) atoms. The third-order valence-electron chi connectivity index (χ3n) is 3.78. The molecule has 1 heterocycles. The Morgan fingerprint density at radius 1 is 1.52 bits per heavy atom. The van der Waals surface area contributed by atoms with E-state index in [4.69, 9.17) is 5.73 Å². The standard InChI is InChI=1S/C15H16BrN5/c1-9(10-5-6-10)19-15-13(8-17)14(18)21(20-15)12-4-2-3-11(16)7-12/h2-4,7,9-10H,5-6,18H2,1H3,(H,19,20). The van der Waals surface area contributed by atoms with E-state index in [-0.39, 0.29) is 0 Å². The first-order valence-corrected chi connectivity index (χ1v) is 7.70. The number of hydrogen-bond donors (Lipinski definition) is 2. The van der Waals surface area contributed by atoms with E-state index in [0.717, 1.165) is 10.2 Å². The molecule has 1 atom stereocenters. The first kappa shape index (κ1) is 14.0. The Labute approximate surface area is 131 Å². The number of nitrogens with zero attached hydrogens (tertiary/aromatic N) is 3. The van der Waals surface area contributed by atoms with Crippen molar-refractivity contribution in [2.24, 2.45) is 5.92 Å². The fourth-order valence-corrected chi connectivity index (χ4v) is 2.76. The van der Waals surface area contributed by atoms with E-state index in [1.807, 2.05) is 24.3 Å². The third kappa shape index (κ3) is 2.74. The fraction of sp³-hybridized carbons (Fsp3) is 0.333. The van der Waals surface area contributed by atoms with Gasteiger partial charge in [-0.2, -0.15) is 5.26 Å². The second-order valence-electron chi connectivity index (χ2n) is 5.38. The van der Waals surface area contributed by atoms with Crippen LogP contribution in [0.15, 0.2) is 28.7 Å². The summed E-state index contributed by atoms with van der Waals surface area (Å²) in [5.41, 5.74) is 7.32. The highest BCUT2D eigenvalue weighted by molar-refractivity contribution is 9.10. The Morgan fingerprint density at radius 2 is 2.29 bits per heavy atom. The minimum atomic E-state index is 0.308. The number of nitriles is 1. The van der Waals surface area contributed by atoms with Crippen molar-refractivity contribution in [1.29, 1.82) is 5.26 Å². The molecule has 1 unspecified atom stereocenters. The summed E-state index contributed by atoms with van der Waals surface area (Å²) < 4.78 is 2.54. The fourth-order valence-electron chi connectivity index (χ4n) is 2.38. The van der Waals surface area contributed by atoms with E-state index < -0.39 is 0 Å². The van der Waals surface area contributed by atoms with Gasteiger partial charge in [0, 0.05) is 10.5 Å². The Kier molecular flexibility index (Phi) is 3.60. The second-order valence-corrected chi connectivity index (χ2v) is 6.30. The first-order valence-electron chi connectivity index (χ1n) is 6.91. The number of nitrogen functional groups attached to an aromatic ring is 1. The topological polar surface area (TPSA) is 79.7 Å². The third-order valence-corrected chi connectivity index (χ3v) is 4.27. The van der Waals surface area contributed by atoms with Gasteiger partial charge in [-0.25, -0.2) is 4.68 Å². The summed E-state index contributed by atoms with van der Waals surface area (Å²) in [6.07, 6.45) is 2.47. The van der Waals surface area contributed by atoms with Crippen LogP contribution in [0.1, 0.15) is 25.3 Å². The maximum absolute atomic E-state index is 9.35. The molecule has 0 amide bonds. The van der Waals surface area contributed by atoms with Gasteiger partial charge in [-0.3, -0.25) is 0 Å². The van der Waals surface area contributed by atoms with Crippen LogP contribution in [0.5, 0.6) is 0 Å². The monoisotopic (exact) mass is 345 g/mol. The summed E-state index contributed by atoms with van der Waals surface area (Å²) >= 11 is 3.43.